The van der Waals surface area contributed by atoms with Crippen molar-refractivity contribution in [2.45, 2.75) is 0 Å². The summed E-state index contributed by atoms with van der Waals surface area (Å²) in [6, 6.07) is 44.3. The molecule has 0 saturated heterocycles. The van der Waals surface area contributed by atoms with Crippen LogP contribution < -0.4 is 4.90 Å². The SMILES string of the molecule is [2H]c1c([2H])c(N(c2c([2H])c([2H])c(-c3ccc4ccccc4c3)c([2H])c2[2H])c2cccc3oc4c5ccccc5ccc4c23)c([2H])c([2H])c1-c1cccc(-c2ccccc2)c1. The largest absolute Gasteiger partial charge is 0.455 e. The van der Waals surface area contributed by atoms with Crippen LogP contribution in [0.1, 0.15) is 11.0 Å². The first-order valence-electron chi connectivity index (χ1n) is 21.1. The van der Waals surface area contributed by atoms with Gasteiger partial charge < -0.3 is 9.32 Å². The van der Waals surface area contributed by atoms with Gasteiger partial charge in [-0.25, -0.2) is 0 Å². The minimum atomic E-state index is -0.415. The van der Waals surface area contributed by atoms with Crippen LogP contribution in [0.2, 0.25) is 0 Å². The summed E-state index contributed by atoms with van der Waals surface area (Å²) < 4.78 is 82.8. The molecule has 0 fully saturated rings. The molecule has 52 heavy (non-hydrogen) atoms. The maximum Gasteiger partial charge on any atom is 0.143 e. The lowest BCUT2D eigenvalue weighted by molar-refractivity contribution is 0.672. The van der Waals surface area contributed by atoms with Crippen molar-refractivity contribution >= 4 is 60.5 Å². The van der Waals surface area contributed by atoms with Gasteiger partial charge >= 0.3 is 0 Å². The van der Waals surface area contributed by atoms with Gasteiger partial charge in [-0.05, 0) is 104 Å². The van der Waals surface area contributed by atoms with Crippen LogP contribution in [0.25, 0.3) is 76.9 Å². The number of nitrogens with zero attached hydrogens (tertiary/aromatic N) is 1. The van der Waals surface area contributed by atoms with Crippen LogP contribution >= 0.6 is 0 Å². The highest BCUT2D eigenvalue weighted by Gasteiger charge is 2.20. The van der Waals surface area contributed by atoms with Gasteiger partial charge in [-0.3, -0.25) is 0 Å². The highest BCUT2D eigenvalue weighted by atomic mass is 16.3. The van der Waals surface area contributed by atoms with E-state index in [9.17, 15) is 11.0 Å². The fraction of sp³-hybridized carbons (Fsp3) is 0. The van der Waals surface area contributed by atoms with Crippen molar-refractivity contribution < 1.29 is 15.4 Å². The zero-order valence-electron chi connectivity index (χ0n) is 35.8. The van der Waals surface area contributed by atoms with Gasteiger partial charge in [0, 0.05) is 22.1 Å². The molecule has 0 spiro atoms. The van der Waals surface area contributed by atoms with E-state index in [0.717, 1.165) is 32.7 Å². The van der Waals surface area contributed by atoms with Gasteiger partial charge in [0.2, 0.25) is 0 Å². The fourth-order valence-corrected chi connectivity index (χ4v) is 7.03. The van der Waals surface area contributed by atoms with E-state index in [0.29, 0.717) is 38.8 Å². The average Bonchev–Trinajstić information content (AvgIpc) is 3.68. The molecule has 0 aliphatic carbocycles. The van der Waals surface area contributed by atoms with Crippen molar-refractivity contribution in [2.24, 2.45) is 0 Å². The van der Waals surface area contributed by atoms with Crippen LogP contribution in [-0.4, -0.2) is 0 Å². The van der Waals surface area contributed by atoms with Crippen LogP contribution in [0.5, 0.6) is 0 Å². The molecular weight excluding hydrogens is 631 g/mol. The molecule has 0 atom stereocenters. The number of anilines is 3. The monoisotopic (exact) mass is 671 g/mol. The van der Waals surface area contributed by atoms with Crippen molar-refractivity contribution in [3.8, 4) is 33.4 Å². The molecule has 0 bridgehead atoms. The third-order valence-electron chi connectivity index (χ3n) is 9.57. The number of hydrogen-bond donors (Lipinski definition) is 0. The lowest BCUT2D eigenvalue weighted by Gasteiger charge is -2.26. The van der Waals surface area contributed by atoms with Crippen LogP contribution in [0.4, 0.5) is 17.1 Å². The molecule has 0 aliphatic rings. The number of furan rings is 1. The number of hydrogen-bond acceptors (Lipinski definition) is 2. The number of benzene rings is 9. The predicted molar refractivity (Wildman–Crippen MR) is 220 cm³/mol. The van der Waals surface area contributed by atoms with Crippen LogP contribution in [0.3, 0.4) is 0 Å². The van der Waals surface area contributed by atoms with E-state index in [1.807, 2.05) is 121 Å². The minimum Gasteiger partial charge on any atom is -0.455 e. The summed E-state index contributed by atoms with van der Waals surface area (Å²) in [5.41, 5.74) is 3.87. The Morgan fingerprint density at radius 1 is 0.385 bits per heavy atom. The predicted octanol–water partition coefficient (Wildman–Crippen LogP) is 14.4. The molecule has 0 saturated carbocycles. The average molecular weight is 672 g/mol. The van der Waals surface area contributed by atoms with Gasteiger partial charge in [0.1, 0.15) is 11.2 Å². The maximum atomic E-state index is 9.64. The summed E-state index contributed by atoms with van der Waals surface area (Å²) in [6.07, 6.45) is 0. The standard InChI is InChI=1S/C50H33NO/c1-2-10-34(11-3-1)40-15-8-16-41(32-40)36-22-27-43(28-23-36)51(44-29-24-37(25-30-44)42-21-20-35-12-4-5-14-39(35)33-42)47-18-9-19-48-49(47)46-31-26-38-13-6-7-17-45(38)50(46)52-48/h1-33H/i22D,23D,24D,25D,27D,28D,29D,30D. The molecule has 9 aromatic carbocycles. The van der Waals surface area contributed by atoms with Crippen molar-refractivity contribution in [1.29, 1.82) is 0 Å². The van der Waals surface area contributed by atoms with Gasteiger partial charge in [-0.15, -0.1) is 0 Å². The molecule has 10 rings (SSSR count). The van der Waals surface area contributed by atoms with Crippen molar-refractivity contribution in [3.63, 3.8) is 0 Å². The zero-order valence-corrected chi connectivity index (χ0v) is 27.8. The lowest BCUT2D eigenvalue weighted by Crippen LogP contribution is -2.10. The molecule has 0 amide bonds. The van der Waals surface area contributed by atoms with Crippen LogP contribution in [0, 0.1) is 0 Å². The fourth-order valence-electron chi connectivity index (χ4n) is 7.03. The first kappa shape index (κ1) is 22.7. The Labute approximate surface area is 313 Å². The summed E-state index contributed by atoms with van der Waals surface area (Å²) in [6.45, 7) is 0. The molecule has 0 aliphatic heterocycles. The molecule has 10 aromatic rings. The molecular formula is C50H33NO. The molecule has 1 aromatic heterocycles. The van der Waals surface area contributed by atoms with Gasteiger partial charge in [-0.1, -0.05) is 145 Å². The summed E-state index contributed by atoms with van der Waals surface area (Å²) in [5, 5.41) is 4.90. The third-order valence-corrected chi connectivity index (χ3v) is 9.57. The van der Waals surface area contributed by atoms with Crippen LogP contribution in [0.15, 0.2) is 204 Å². The molecule has 0 unspecified atom stereocenters. The molecule has 0 N–H and O–H groups in total. The van der Waals surface area contributed by atoms with Gasteiger partial charge in [0.15, 0.2) is 0 Å². The van der Waals surface area contributed by atoms with E-state index in [-0.39, 0.29) is 46.7 Å². The second-order valence-electron chi connectivity index (χ2n) is 12.7. The quantitative estimate of drug-likeness (QED) is 0.175. The number of rotatable bonds is 6. The Balaban J connectivity index is 1.27. The number of fused-ring (bicyclic) bond motifs is 6. The first-order chi connectivity index (χ1) is 29.1. The van der Waals surface area contributed by atoms with Crippen molar-refractivity contribution in [3.05, 3.63) is 200 Å². The first-order valence-corrected chi connectivity index (χ1v) is 17.1. The summed E-state index contributed by atoms with van der Waals surface area (Å²) in [4.78, 5) is 1.36. The zero-order chi connectivity index (χ0) is 41.4. The maximum absolute atomic E-state index is 9.64. The molecule has 1 heterocycles. The van der Waals surface area contributed by atoms with E-state index in [4.69, 9.17) is 4.42 Å². The minimum absolute atomic E-state index is 0.0936. The smallest absolute Gasteiger partial charge is 0.143 e. The second kappa shape index (κ2) is 12.5. The summed E-state index contributed by atoms with van der Waals surface area (Å²) >= 11 is 0. The molecule has 2 nitrogen and oxygen atoms in total. The Morgan fingerprint density at radius 2 is 0.962 bits per heavy atom. The summed E-state index contributed by atoms with van der Waals surface area (Å²) in [7, 11) is 0. The highest BCUT2D eigenvalue weighted by molar-refractivity contribution is 6.19. The van der Waals surface area contributed by atoms with E-state index in [1.54, 1.807) is 30.3 Å². The lowest BCUT2D eigenvalue weighted by atomic mass is 9.98. The molecule has 0 radical (unpaired) electrons. The third kappa shape index (κ3) is 5.21. The van der Waals surface area contributed by atoms with E-state index in [2.05, 4.69) is 0 Å². The van der Waals surface area contributed by atoms with Crippen molar-refractivity contribution in [2.75, 3.05) is 4.90 Å². The van der Waals surface area contributed by atoms with Gasteiger partial charge in [-0.2, -0.15) is 0 Å². The van der Waals surface area contributed by atoms with Crippen LogP contribution in [-0.2, 0) is 0 Å². The Bertz CT molecular complexity index is 3320. The molecule has 2 heteroatoms. The Hall–Kier alpha value is -6.90. The molecule has 244 valence electrons. The van der Waals surface area contributed by atoms with Crippen molar-refractivity contribution in [1.82, 2.24) is 0 Å². The normalized spacial score (nSPS) is 13.6. The second-order valence-corrected chi connectivity index (χ2v) is 12.7. The van der Waals surface area contributed by atoms with Gasteiger partial charge in [0.25, 0.3) is 0 Å². The topological polar surface area (TPSA) is 16.4 Å². The Morgan fingerprint density at radius 3 is 1.71 bits per heavy atom. The van der Waals surface area contributed by atoms with E-state index < -0.39 is 24.2 Å². The highest BCUT2D eigenvalue weighted by Crippen LogP contribution is 2.45. The summed E-state index contributed by atoms with van der Waals surface area (Å²) in [5.74, 6) is 0. The van der Waals surface area contributed by atoms with E-state index in [1.165, 1.54) is 4.90 Å². The van der Waals surface area contributed by atoms with Gasteiger partial charge in [0.05, 0.1) is 22.0 Å². The Kier molecular flexibility index (Phi) is 5.45. The van der Waals surface area contributed by atoms with E-state index >= 15 is 0 Å².